The van der Waals surface area contributed by atoms with E-state index in [0.717, 1.165) is 81.1 Å². The van der Waals surface area contributed by atoms with Gasteiger partial charge in [0.05, 0.1) is 68.3 Å². The van der Waals surface area contributed by atoms with Crippen molar-refractivity contribution in [2.45, 2.75) is 277 Å². The highest BCUT2D eigenvalue weighted by Crippen LogP contribution is 2.59. The molecule has 5 unspecified atom stereocenters. The van der Waals surface area contributed by atoms with Crippen molar-refractivity contribution < 1.29 is 66.5 Å². The van der Waals surface area contributed by atoms with E-state index in [1.165, 1.54) is 44.9 Å². The monoisotopic (exact) mass is 1400 g/mol. The maximum absolute atomic E-state index is 12.8. The lowest BCUT2D eigenvalue weighted by atomic mass is 9.51. The van der Waals surface area contributed by atoms with E-state index in [4.69, 9.17) is 47.4 Å². The van der Waals surface area contributed by atoms with Gasteiger partial charge in [0.15, 0.2) is 0 Å². The molecule has 0 heterocycles. The number of ether oxygens (including phenoxy) is 10. The van der Waals surface area contributed by atoms with Gasteiger partial charge in [0.2, 0.25) is 0 Å². The largest absolute Gasteiger partial charge is 0.493 e. The summed E-state index contributed by atoms with van der Waals surface area (Å²) in [6.07, 6.45) is 20.3. The van der Waals surface area contributed by atoms with E-state index in [2.05, 4.69) is 113 Å². The van der Waals surface area contributed by atoms with Crippen molar-refractivity contribution in [1.82, 2.24) is 10.6 Å². The van der Waals surface area contributed by atoms with E-state index in [1.807, 2.05) is 137 Å². The van der Waals surface area contributed by atoms with E-state index in [9.17, 15) is 19.2 Å². The van der Waals surface area contributed by atoms with Crippen LogP contribution < -0.4 is 20.1 Å². The molecule has 99 heavy (non-hydrogen) atoms. The maximum atomic E-state index is 12.8. The van der Waals surface area contributed by atoms with Gasteiger partial charge in [-0.25, -0.2) is 14.4 Å². The molecular weight excluding hydrogens is 1250 g/mol. The van der Waals surface area contributed by atoms with Gasteiger partial charge >= 0.3 is 18.2 Å². The number of para-hydroxylation sites is 2. The first-order chi connectivity index (χ1) is 46.7. The van der Waals surface area contributed by atoms with Crippen LogP contribution in [0, 0.1) is 45.8 Å². The summed E-state index contributed by atoms with van der Waals surface area (Å²) in [5.41, 5.74) is -1.93. The molecule has 0 aliphatic heterocycles. The highest BCUT2D eigenvalue weighted by Gasteiger charge is 2.51. The number of esters is 1. The van der Waals surface area contributed by atoms with Crippen molar-refractivity contribution in [2.24, 2.45) is 45.8 Å². The van der Waals surface area contributed by atoms with Gasteiger partial charge in [0.1, 0.15) is 22.7 Å². The topological polar surface area (TPSA) is 185 Å². The molecule has 2 aromatic carbocycles. The summed E-state index contributed by atoms with van der Waals surface area (Å²) < 4.78 is 58.1. The van der Waals surface area contributed by atoms with E-state index < -0.39 is 35.0 Å². The molecule has 2 N–H and O–H groups in total. The Kier molecular flexibility index (Phi) is 49.1. The van der Waals surface area contributed by atoms with E-state index >= 15 is 0 Å². The zero-order valence-electron chi connectivity index (χ0n) is 67.0. The fourth-order valence-corrected chi connectivity index (χ4v) is 13.0. The van der Waals surface area contributed by atoms with Gasteiger partial charge in [-0.15, -0.1) is 13.2 Å². The van der Waals surface area contributed by atoms with Crippen molar-refractivity contribution in [2.75, 3.05) is 73.1 Å². The summed E-state index contributed by atoms with van der Waals surface area (Å²) in [5, 5.41) is 5.40. The Morgan fingerprint density at radius 1 is 0.596 bits per heavy atom. The predicted molar refractivity (Wildman–Crippen MR) is 409 cm³/mol. The standard InChI is InChI=1S/C54H93NO8.C20H29NO6.C3H6.3C2H6/c1-15-17-22-32-60-49(5,6)39-53(13)29-27-46(42(16-2)34-53)43-35-54(14,36-43)40-50(7,8)61-33-23-21-28-48(3,4)52(11,12)62-38-44(37-59-45-25-19-18-20-26-45)51(9,10)63-47(57)55-30-24-31-58-41-56;1-5-18(22)25-13-9-12-21-19(23)27-20(2,3)16(14-24-4)15-26-17-10-7-6-8-11-17;1-3-2;3*1-2/h16,18-20,25-26,41-44,46H,2,15,17,21-24,27-40H2,1,3-14H3,(H,55,57);5-8,10-11,16H,1,9,12-15H2,2-4H3,(H,21,23);3H,1H2,2H3;3*1-2H3. The number of unbranched alkanes of at least 4 members (excludes halogenated alkanes) is 3. The number of carbonyl (C=O) groups excluding carboxylic acids is 4. The molecule has 0 saturated heterocycles. The summed E-state index contributed by atoms with van der Waals surface area (Å²) in [6.45, 7) is 62.1. The Hall–Kier alpha value is -5.42. The van der Waals surface area contributed by atoms with Gasteiger partial charge in [-0.1, -0.05) is 151 Å². The van der Waals surface area contributed by atoms with Crippen molar-refractivity contribution in [3.8, 4) is 11.5 Å². The molecule has 0 bridgehead atoms. The summed E-state index contributed by atoms with van der Waals surface area (Å²) in [5.74, 6) is 2.68. The molecule has 572 valence electrons. The van der Waals surface area contributed by atoms with Gasteiger partial charge < -0.3 is 58.0 Å². The highest BCUT2D eigenvalue weighted by molar-refractivity contribution is 5.81. The van der Waals surface area contributed by atoms with Crippen LogP contribution in [0.4, 0.5) is 9.59 Å². The third kappa shape index (κ3) is 40.1. The molecule has 0 radical (unpaired) electrons. The zero-order valence-corrected chi connectivity index (χ0v) is 67.0. The van der Waals surface area contributed by atoms with Crippen LogP contribution in [-0.2, 0) is 47.5 Å². The third-order valence-corrected chi connectivity index (χ3v) is 18.9. The lowest BCUT2D eigenvalue weighted by Gasteiger charge is -2.55. The normalized spacial score (nSPS) is 18.8. The Morgan fingerprint density at radius 2 is 1.05 bits per heavy atom. The Bertz CT molecular complexity index is 2440. The minimum Gasteiger partial charge on any atom is -0.493 e. The first kappa shape index (κ1) is 95.6. The van der Waals surface area contributed by atoms with Crippen molar-refractivity contribution >= 4 is 24.6 Å². The van der Waals surface area contributed by atoms with Crippen LogP contribution in [-0.4, -0.2) is 126 Å². The number of alkyl carbamates (subject to hydrolysis) is 2. The Labute approximate surface area is 604 Å². The summed E-state index contributed by atoms with van der Waals surface area (Å²) in [7, 11) is 1.59. The fraction of sp³-hybridized carbons (Fsp3) is 0.735. The lowest BCUT2D eigenvalue weighted by molar-refractivity contribution is -0.140. The molecule has 4 rings (SSSR count). The average molecular weight is 1400 g/mol. The molecule has 2 aromatic rings. The number of allylic oxidation sites excluding steroid dienone is 2. The molecule has 2 amide bonds. The van der Waals surface area contributed by atoms with Crippen molar-refractivity contribution in [3.63, 3.8) is 0 Å². The van der Waals surface area contributed by atoms with Crippen LogP contribution in [0.1, 0.15) is 249 Å². The Morgan fingerprint density at radius 3 is 1.49 bits per heavy atom. The van der Waals surface area contributed by atoms with E-state index in [1.54, 1.807) is 13.2 Å². The second-order valence-corrected chi connectivity index (χ2v) is 29.9. The van der Waals surface area contributed by atoms with Gasteiger partial charge in [-0.05, 0) is 211 Å². The number of benzene rings is 2. The molecule has 2 fully saturated rings. The minimum absolute atomic E-state index is 0.0829. The van der Waals surface area contributed by atoms with Crippen LogP contribution >= 0.6 is 0 Å². The second kappa shape index (κ2) is 50.8. The SMILES string of the molecule is C=CC.C=CC(=O)OCCCNC(=O)OC(C)(C)C(COC)COc1ccccc1.C=CC1CC(C)(CC(C)(C)OCCCCC)CCC1C1CC(C)(CC(C)(C)OCCCCC(C)(C)C(C)(C)OCC(COc2ccccc2)C(C)(C)OC(=O)NCCCOC=O)C1.CC.CC.CC. The molecule has 5 atom stereocenters. The first-order valence-electron chi connectivity index (χ1n) is 37.4. The number of amides is 2. The number of methoxy groups -OCH3 is 1. The minimum atomic E-state index is -0.896. The molecule has 0 aromatic heterocycles. The number of rotatable bonds is 43. The highest BCUT2D eigenvalue weighted by atomic mass is 16.6. The van der Waals surface area contributed by atoms with Crippen LogP contribution in [0.2, 0.25) is 0 Å². The molecule has 2 aliphatic rings. The maximum Gasteiger partial charge on any atom is 0.407 e. The third-order valence-electron chi connectivity index (χ3n) is 18.9. The predicted octanol–water partition coefficient (Wildman–Crippen LogP) is 20.5. The molecular formula is C83H146N2O14. The van der Waals surface area contributed by atoms with Crippen molar-refractivity contribution in [3.05, 3.63) is 98.6 Å². The van der Waals surface area contributed by atoms with Crippen LogP contribution in [0.25, 0.3) is 0 Å². The molecule has 2 saturated carbocycles. The average Bonchev–Trinajstić information content (AvgIpc) is 0.759. The first-order valence-corrected chi connectivity index (χ1v) is 37.4. The summed E-state index contributed by atoms with van der Waals surface area (Å²) >= 11 is 0. The Balaban J connectivity index is 0. The molecule has 16 nitrogen and oxygen atoms in total. The number of hydrogen-bond donors (Lipinski definition) is 2. The fourth-order valence-electron chi connectivity index (χ4n) is 13.0. The second-order valence-electron chi connectivity index (χ2n) is 29.9. The van der Waals surface area contributed by atoms with Crippen LogP contribution in [0.5, 0.6) is 11.5 Å². The number of carbonyl (C=O) groups is 4. The van der Waals surface area contributed by atoms with Gasteiger partial charge in [-0.2, -0.15) is 0 Å². The number of hydrogen-bond acceptors (Lipinski definition) is 14. The van der Waals surface area contributed by atoms with E-state index in [0.29, 0.717) is 75.6 Å². The number of nitrogens with one attached hydrogen (secondary N) is 2. The van der Waals surface area contributed by atoms with Crippen LogP contribution in [0.3, 0.4) is 0 Å². The van der Waals surface area contributed by atoms with Gasteiger partial charge in [-0.3, -0.25) is 4.79 Å². The lowest BCUT2D eigenvalue weighted by Crippen LogP contribution is -2.48. The van der Waals surface area contributed by atoms with Gasteiger partial charge in [0.25, 0.3) is 6.47 Å². The van der Waals surface area contributed by atoms with Crippen molar-refractivity contribution in [1.29, 1.82) is 0 Å². The van der Waals surface area contributed by atoms with E-state index in [-0.39, 0.29) is 41.7 Å². The quantitative estimate of drug-likeness (QED) is 0.0160. The summed E-state index contributed by atoms with van der Waals surface area (Å²) in [4.78, 5) is 46.2. The molecule has 0 spiro atoms. The smallest absolute Gasteiger partial charge is 0.407 e. The summed E-state index contributed by atoms with van der Waals surface area (Å²) in [6, 6.07) is 19.1. The molecule has 2 aliphatic carbocycles. The van der Waals surface area contributed by atoms with Gasteiger partial charge in [0, 0.05) is 39.5 Å². The zero-order chi connectivity index (χ0) is 75.8. The van der Waals surface area contributed by atoms with Crippen LogP contribution in [0.15, 0.2) is 98.6 Å². The molecule has 16 heteroatoms.